The minimum atomic E-state index is -0.211. The molecule has 1 aliphatic carbocycles. The van der Waals surface area contributed by atoms with Crippen LogP contribution >= 0.6 is 0 Å². The van der Waals surface area contributed by atoms with Crippen LogP contribution in [0.15, 0.2) is 12.4 Å². The predicted octanol–water partition coefficient (Wildman–Crippen LogP) is 0.977. The van der Waals surface area contributed by atoms with Crippen molar-refractivity contribution in [2.75, 3.05) is 5.73 Å². The molecule has 86 valence electrons. The first-order chi connectivity index (χ1) is 7.49. The Bertz CT molecular complexity index is 412. The maximum absolute atomic E-state index is 11.9. The quantitative estimate of drug-likeness (QED) is 0.795. The Balaban J connectivity index is 2.08. The molecule has 0 spiro atoms. The van der Waals surface area contributed by atoms with Crippen molar-refractivity contribution in [3.8, 4) is 0 Å². The molecule has 5 nitrogen and oxygen atoms in total. The second kappa shape index (κ2) is 3.73. The van der Waals surface area contributed by atoms with Crippen molar-refractivity contribution in [1.29, 1.82) is 0 Å². The monoisotopic (exact) mass is 220 g/mol. The van der Waals surface area contributed by atoms with Gasteiger partial charge >= 0.3 is 0 Å². The maximum atomic E-state index is 11.9. The maximum Gasteiger partial charge on any atom is 0.271 e. The van der Waals surface area contributed by atoms with Crippen molar-refractivity contribution in [3.05, 3.63) is 18.1 Å². The van der Waals surface area contributed by atoms with E-state index < -0.39 is 0 Å². The third kappa shape index (κ3) is 2.29. The van der Waals surface area contributed by atoms with Crippen LogP contribution in [0.1, 0.15) is 37.2 Å². The molecule has 0 bridgehead atoms. The lowest BCUT2D eigenvalue weighted by molar-refractivity contribution is 0.0898. The van der Waals surface area contributed by atoms with Gasteiger partial charge in [-0.15, -0.1) is 0 Å². The summed E-state index contributed by atoms with van der Waals surface area (Å²) in [6, 6.07) is 0. The van der Waals surface area contributed by atoms with Crippen molar-refractivity contribution >= 4 is 11.7 Å². The van der Waals surface area contributed by atoms with Crippen LogP contribution < -0.4 is 11.1 Å². The van der Waals surface area contributed by atoms with Crippen LogP contribution in [0.3, 0.4) is 0 Å². The molecule has 0 saturated heterocycles. The second-order valence-electron chi connectivity index (χ2n) is 4.78. The fourth-order valence-electron chi connectivity index (χ4n) is 1.75. The number of carbonyl (C=O) groups is 1. The highest BCUT2D eigenvalue weighted by Gasteiger charge is 2.39. The van der Waals surface area contributed by atoms with E-state index in [0.717, 1.165) is 0 Å². The highest BCUT2D eigenvalue weighted by molar-refractivity contribution is 5.92. The van der Waals surface area contributed by atoms with Crippen LogP contribution in [0.5, 0.6) is 0 Å². The SMILES string of the molecule is CC(C)(NC(=O)c1cncc(N)n1)C1CC1. The molecule has 1 aliphatic rings. The molecule has 0 aliphatic heterocycles. The van der Waals surface area contributed by atoms with Gasteiger partial charge in [-0.2, -0.15) is 0 Å². The van der Waals surface area contributed by atoms with E-state index in [1.807, 2.05) is 13.8 Å². The topological polar surface area (TPSA) is 80.9 Å². The first-order valence-corrected chi connectivity index (χ1v) is 5.39. The molecule has 16 heavy (non-hydrogen) atoms. The average molecular weight is 220 g/mol. The van der Waals surface area contributed by atoms with Crippen LogP contribution in [-0.4, -0.2) is 21.4 Å². The molecule has 0 radical (unpaired) electrons. The van der Waals surface area contributed by atoms with Crippen LogP contribution in [0.25, 0.3) is 0 Å². The van der Waals surface area contributed by atoms with Crippen molar-refractivity contribution in [3.63, 3.8) is 0 Å². The van der Waals surface area contributed by atoms with Crippen LogP contribution in [0.2, 0.25) is 0 Å². The largest absolute Gasteiger partial charge is 0.382 e. The minimum absolute atomic E-state index is 0.177. The third-order valence-corrected chi connectivity index (χ3v) is 2.92. The third-order valence-electron chi connectivity index (χ3n) is 2.92. The number of nitrogen functional groups attached to an aromatic ring is 1. The van der Waals surface area contributed by atoms with Crippen LogP contribution in [0, 0.1) is 5.92 Å². The fourth-order valence-corrected chi connectivity index (χ4v) is 1.75. The Morgan fingerprint density at radius 2 is 2.19 bits per heavy atom. The van der Waals surface area contributed by atoms with E-state index in [1.54, 1.807) is 0 Å². The van der Waals surface area contributed by atoms with E-state index in [2.05, 4.69) is 15.3 Å². The molecule has 2 rings (SSSR count). The van der Waals surface area contributed by atoms with Crippen LogP contribution in [0.4, 0.5) is 5.82 Å². The summed E-state index contributed by atoms with van der Waals surface area (Å²) in [6.07, 6.45) is 5.20. The van der Waals surface area contributed by atoms with E-state index in [1.165, 1.54) is 25.2 Å². The van der Waals surface area contributed by atoms with Gasteiger partial charge in [0.2, 0.25) is 0 Å². The van der Waals surface area contributed by atoms with Gasteiger partial charge in [0, 0.05) is 5.54 Å². The smallest absolute Gasteiger partial charge is 0.271 e. The zero-order valence-corrected chi connectivity index (χ0v) is 9.53. The number of hydrogen-bond donors (Lipinski definition) is 2. The van der Waals surface area contributed by atoms with Gasteiger partial charge in [-0.1, -0.05) is 0 Å². The molecule has 5 heteroatoms. The van der Waals surface area contributed by atoms with E-state index in [9.17, 15) is 4.79 Å². The number of aromatic nitrogens is 2. The number of carbonyl (C=O) groups excluding carboxylic acids is 1. The molecule has 0 aromatic carbocycles. The Labute approximate surface area is 94.5 Å². The lowest BCUT2D eigenvalue weighted by Crippen LogP contribution is -2.45. The van der Waals surface area contributed by atoms with Gasteiger partial charge < -0.3 is 11.1 Å². The molecule has 1 aromatic heterocycles. The van der Waals surface area contributed by atoms with E-state index in [4.69, 9.17) is 5.73 Å². The first-order valence-electron chi connectivity index (χ1n) is 5.39. The minimum Gasteiger partial charge on any atom is -0.382 e. The summed E-state index contributed by atoms with van der Waals surface area (Å²) in [7, 11) is 0. The first kappa shape index (κ1) is 10.9. The van der Waals surface area contributed by atoms with Crippen LogP contribution in [-0.2, 0) is 0 Å². The molecule has 3 N–H and O–H groups in total. The number of nitrogens with two attached hydrogens (primary N) is 1. The van der Waals surface area contributed by atoms with E-state index in [-0.39, 0.29) is 23.0 Å². The van der Waals surface area contributed by atoms with Gasteiger partial charge in [-0.25, -0.2) is 4.98 Å². The van der Waals surface area contributed by atoms with Gasteiger partial charge in [-0.3, -0.25) is 9.78 Å². The van der Waals surface area contributed by atoms with Gasteiger partial charge in [0.05, 0.1) is 12.4 Å². The zero-order valence-electron chi connectivity index (χ0n) is 9.53. The number of anilines is 1. The molecular formula is C11H16N4O. The Hall–Kier alpha value is -1.65. The number of nitrogens with zero attached hydrogens (tertiary/aromatic N) is 2. The summed E-state index contributed by atoms with van der Waals surface area (Å²) in [6.45, 7) is 4.06. The van der Waals surface area contributed by atoms with Crippen molar-refractivity contribution in [1.82, 2.24) is 15.3 Å². The Morgan fingerprint density at radius 3 is 2.75 bits per heavy atom. The van der Waals surface area contributed by atoms with Gasteiger partial charge in [0.15, 0.2) is 0 Å². The molecule has 0 unspecified atom stereocenters. The van der Waals surface area contributed by atoms with Crippen molar-refractivity contribution in [2.45, 2.75) is 32.2 Å². The molecule has 1 heterocycles. The van der Waals surface area contributed by atoms with Gasteiger partial charge in [0.1, 0.15) is 11.5 Å². The standard InChI is InChI=1S/C11H16N4O/c1-11(2,7-3-4-7)15-10(16)8-5-13-6-9(12)14-8/h5-7H,3-4H2,1-2H3,(H2,12,14)(H,15,16). The molecule has 0 atom stereocenters. The molecule has 1 amide bonds. The average Bonchev–Trinajstić information content (AvgIpc) is 3.00. The number of amides is 1. The predicted molar refractivity (Wildman–Crippen MR) is 60.7 cm³/mol. The fraction of sp³-hybridized carbons (Fsp3) is 0.545. The summed E-state index contributed by atoms with van der Waals surface area (Å²) in [5.74, 6) is 0.624. The van der Waals surface area contributed by atoms with Gasteiger partial charge in [0.25, 0.3) is 5.91 Å². The Kier molecular flexibility index (Phi) is 2.53. The zero-order chi connectivity index (χ0) is 11.8. The summed E-state index contributed by atoms with van der Waals surface area (Å²) in [4.78, 5) is 19.7. The molecule has 1 aromatic rings. The highest BCUT2D eigenvalue weighted by atomic mass is 16.2. The number of hydrogen-bond acceptors (Lipinski definition) is 4. The number of rotatable bonds is 3. The Morgan fingerprint density at radius 1 is 1.50 bits per heavy atom. The lowest BCUT2D eigenvalue weighted by Gasteiger charge is -2.25. The molecule has 1 fully saturated rings. The highest BCUT2D eigenvalue weighted by Crippen LogP contribution is 2.39. The lowest BCUT2D eigenvalue weighted by atomic mass is 9.98. The summed E-state index contributed by atoms with van der Waals surface area (Å²) in [5, 5.41) is 2.96. The second-order valence-corrected chi connectivity index (χ2v) is 4.78. The van der Waals surface area contributed by atoms with Gasteiger partial charge in [-0.05, 0) is 32.6 Å². The number of nitrogens with one attached hydrogen (secondary N) is 1. The molecular weight excluding hydrogens is 204 g/mol. The van der Waals surface area contributed by atoms with Crippen molar-refractivity contribution < 1.29 is 4.79 Å². The van der Waals surface area contributed by atoms with E-state index in [0.29, 0.717) is 5.92 Å². The van der Waals surface area contributed by atoms with E-state index >= 15 is 0 Å². The summed E-state index contributed by atoms with van der Waals surface area (Å²) < 4.78 is 0. The van der Waals surface area contributed by atoms with Crippen molar-refractivity contribution in [2.24, 2.45) is 5.92 Å². The normalized spacial score (nSPS) is 15.9. The summed E-state index contributed by atoms with van der Waals surface area (Å²) in [5.41, 5.74) is 5.57. The molecule has 1 saturated carbocycles. The summed E-state index contributed by atoms with van der Waals surface area (Å²) >= 11 is 0.